The lowest BCUT2D eigenvalue weighted by Crippen LogP contribution is -2.32. The number of halogens is 3. The van der Waals surface area contributed by atoms with Crippen LogP contribution in [0.5, 0.6) is 0 Å². The van der Waals surface area contributed by atoms with Gasteiger partial charge in [0.1, 0.15) is 0 Å². The maximum Gasteiger partial charge on any atom is 0.417 e. The van der Waals surface area contributed by atoms with Crippen molar-refractivity contribution in [3.05, 3.63) is 35.7 Å². The van der Waals surface area contributed by atoms with Crippen molar-refractivity contribution < 1.29 is 22.6 Å². The van der Waals surface area contributed by atoms with E-state index in [4.69, 9.17) is 9.47 Å². The van der Waals surface area contributed by atoms with Crippen LogP contribution < -0.4 is 0 Å². The molecule has 0 saturated carbocycles. The van der Waals surface area contributed by atoms with Gasteiger partial charge in [-0.3, -0.25) is 4.98 Å². The van der Waals surface area contributed by atoms with Crippen LogP contribution >= 0.6 is 11.8 Å². The Balaban J connectivity index is 1.92. The van der Waals surface area contributed by atoms with Gasteiger partial charge >= 0.3 is 6.18 Å². The molecule has 0 spiro atoms. The fraction of sp³-hybridized carbons (Fsp3) is 0.462. The molecule has 0 N–H and O–H groups in total. The SMILES string of the molecule is CSC1COC(C=Cc2ccc(C(F)(F)F)cn2)OC1. The third kappa shape index (κ3) is 4.22. The van der Waals surface area contributed by atoms with Crippen molar-refractivity contribution in [1.29, 1.82) is 0 Å². The molecule has 20 heavy (non-hydrogen) atoms. The summed E-state index contributed by atoms with van der Waals surface area (Å²) in [7, 11) is 0. The van der Waals surface area contributed by atoms with Crippen LogP contribution in [-0.2, 0) is 15.7 Å². The number of alkyl halides is 3. The van der Waals surface area contributed by atoms with Gasteiger partial charge in [-0.25, -0.2) is 0 Å². The highest BCUT2D eigenvalue weighted by molar-refractivity contribution is 7.99. The first-order chi connectivity index (χ1) is 9.49. The lowest BCUT2D eigenvalue weighted by Gasteiger charge is -2.26. The molecular weight excluding hydrogens is 291 g/mol. The Morgan fingerprint density at radius 2 is 2.00 bits per heavy atom. The number of aromatic nitrogens is 1. The molecule has 7 heteroatoms. The van der Waals surface area contributed by atoms with E-state index >= 15 is 0 Å². The Morgan fingerprint density at radius 1 is 1.30 bits per heavy atom. The quantitative estimate of drug-likeness (QED) is 0.858. The summed E-state index contributed by atoms with van der Waals surface area (Å²) in [6, 6.07) is 2.31. The highest BCUT2D eigenvalue weighted by atomic mass is 32.2. The van der Waals surface area contributed by atoms with Crippen molar-refractivity contribution in [2.45, 2.75) is 17.7 Å². The number of hydrogen-bond donors (Lipinski definition) is 0. The van der Waals surface area contributed by atoms with Crippen molar-refractivity contribution in [3.63, 3.8) is 0 Å². The number of ether oxygens (including phenoxy) is 2. The first-order valence-corrected chi connectivity index (χ1v) is 7.25. The molecule has 3 nitrogen and oxygen atoms in total. The van der Waals surface area contributed by atoms with Crippen LogP contribution in [0.3, 0.4) is 0 Å². The summed E-state index contributed by atoms with van der Waals surface area (Å²) < 4.78 is 48.0. The van der Waals surface area contributed by atoms with Gasteiger partial charge in [0.15, 0.2) is 6.29 Å². The second-order valence-corrected chi connectivity index (χ2v) is 5.36. The summed E-state index contributed by atoms with van der Waals surface area (Å²) in [6.07, 6.45) is 1.20. The predicted molar refractivity (Wildman–Crippen MR) is 71.3 cm³/mol. The van der Waals surface area contributed by atoms with E-state index in [1.54, 1.807) is 23.9 Å². The lowest BCUT2D eigenvalue weighted by molar-refractivity contribution is -0.145. The maximum absolute atomic E-state index is 12.4. The first-order valence-electron chi connectivity index (χ1n) is 5.96. The summed E-state index contributed by atoms with van der Waals surface area (Å²) in [6.45, 7) is 1.19. The van der Waals surface area contributed by atoms with Gasteiger partial charge in [0.05, 0.1) is 29.7 Å². The van der Waals surface area contributed by atoms with Crippen LogP contribution in [0.2, 0.25) is 0 Å². The summed E-state index contributed by atoms with van der Waals surface area (Å²) in [5, 5.41) is 0.323. The van der Waals surface area contributed by atoms with E-state index in [-0.39, 0.29) is 0 Å². The number of rotatable bonds is 3. The smallest absolute Gasteiger partial charge is 0.348 e. The molecule has 1 aliphatic heterocycles. The molecule has 0 aromatic carbocycles. The van der Waals surface area contributed by atoms with Crippen LogP contribution in [0.25, 0.3) is 6.08 Å². The minimum atomic E-state index is -4.36. The molecule has 0 aliphatic carbocycles. The Kier molecular flexibility index (Phi) is 5.06. The molecule has 1 saturated heterocycles. The van der Waals surface area contributed by atoms with E-state index in [0.717, 1.165) is 12.3 Å². The zero-order valence-corrected chi connectivity index (χ0v) is 11.6. The lowest BCUT2D eigenvalue weighted by atomic mass is 10.2. The first kappa shape index (κ1) is 15.3. The standard InChI is InChI=1S/C13H14F3NO2S/c1-20-11-7-18-12(19-8-11)5-4-10-3-2-9(6-17-10)13(14,15)16/h2-6,11-12H,7-8H2,1H3. The molecule has 2 heterocycles. The van der Waals surface area contributed by atoms with Crippen molar-refractivity contribution in [2.75, 3.05) is 19.5 Å². The molecule has 110 valence electrons. The molecule has 2 rings (SSSR count). The van der Waals surface area contributed by atoms with E-state index in [0.29, 0.717) is 24.2 Å². The van der Waals surface area contributed by atoms with Gasteiger partial charge in [0, 0.05) is 6.20 Å². The number of thioether (sulfide) groups is 1. The molecule has 1 aliphatic rings. The summed E-state index contributed by atoms with van der Waals surface area (Å²) in [4.78, 5) is 3.74. The number of nitrogens with zero attached hydrogens (tertiary/aromatic N) is 1. The maximum atomic E-state index is 12.4. The Morgan fingerprint density at radius 3 is 2.50 bits per heavy atom. The molecular formula is C13H14F3NO2S. The molecule has 0 amide bonds. The van der Waals surface area contributed by atoms with E-state index in [1.807, 2.05) is 6.26 Å². The van der Waals surface area contributed by atoms with Crippen LogP contribution in [0.1, 0.15) is 11.3 Å². The minimum Gasteiger partial charge on any atom is -0.348 e. The number of hydrogen-bond acceptors (Lipinski definition) is 4. The molecule has 0 radical (unpaired) electrons. The molecule has 0 atom stereocenters. The predicted octanol–water partition coefficient (Wildman–Crippen LogP) is 3.22. The summed E-state index contributed by atoms with van der Waals surface area (Å²) in [5.74, 6) is 0. The van der Waals surface area contributed by atoms with Gasteiger partial charge in [-0.1, -0.05) is 0 Å². The van der Waals surface area contributed by atoms with Crippen molar-refractivity contribution >= 4 is 17.8 Å². The van der Waals surface area contributed by atoms with Crippen LogP contribution in [0, 0.1) is 0 Å². The monoisotopic (exact) mass is 305 g/mol. The van der Waals surface area contributed by atoms with Gasteiger partial charge in [0.2, 0.25) is 0 Å². The topological polar surface area (TPSA) is 31.4 Å². The third-order valence-corrected chi connectivity index (χ3v) is 3.70. The summed E-state index contributed by atoms with van der Waals surface area (Å²) >= 11 is 1.67. The van der Waals surface area contributed by atoms with Crippen LogP contribution in [0.4, 0.5) is 13.2 Å². The fourth-order valence-electron chi connectivity index (χ4n) is 1.60. The van der Waals surface area contributed by atoms with E-state index in [2.05, 4.69) is 4.98 Å². The van der Waals surface area contributed by atoms with E-state index in [9.17, 15) is 13.2 Å². The Bertz CT molecular complexity index is 454. The molecule has 0 bridgehead atoms. The van der Waals surface area contributed by atoms with E-state index in [1.165, 1.54) is 6.07 Å². The zero-order chi connectivity index (χ0) is 14.6. The molecule has 1 aromatic heterocycles. The average Bonchev–Trinajstić information content (AvgIpc) is 2.45. The van der Waals surface area contributed by atoms with Crippen LogP contribution in [0.15, 0.2) is 24.4 Å². The largest absolute Gasteiger partial charge is 0.417 e. The third-order valence-electron chi connectivity index (χ3n) is 2.76. The van der Waals surface area contributed by atoms with Gasteiger partial charge in [-0.2, -0.15) is 24.9 Å². The Hall–Kier alpha value is -1.05. The van der Waals surface area contributed by atoms with Gasteiger partial charge in [-0.05, 0) is 30.5 Å². The molecule has 0 unspecified atom stereocenters. The van der Waals surface area contributed by atoms with Crippen molar-refractivity contribution in [2.24, 2.45) is 0 Å². The number of pyridine rings is 1. The highest BCUT2D eigenvalue weighted by Crippen LogP contribution is 2.28. The summed E-state index contributed by atoms with van der Waals surface area (Å²) in [5.41, 5.74) is -0.334. The van der Waals surface area contributed by atoms with E-state index < -0.39 is 18.0 Å². The second kappa shape index (κ2) is 6.60. The zero-order valence-electron chi connectivity index (χ0n) is 10.8. The Labute approximate surface area is 119 Å². The fourth-order valence-corrected chi connectivity index (χ4v) is 2.03. The van der Waals surface area contributed by atoms with Gasteiger partial charge < -0.3 is 9.47 Å². The second-order valence-electron chi connectivity index (χ2n) is 4.22. The normalized spacial score (nSPS) is 24.2. The highest BCUT2D eigenvalue weighted by Gasteiger charge is 2.30. The molecule has 1 aromatic rings. The molecule has 1 fully saturated rings. The average molecular weight is 305 g/mol. The van der Waals surface area contributed by atoms with Crippen LogP contribution in [-0.4, -0.2) is 36.0 Å². The van der Waals surface area contributed by atoms with Gasteiger partial charge in [-0.15, -0.1) is 0 Å². The minimum absolute atomic E-state index is 0.323. The van der Waals surface area contributed by atoms with Crippen molar-refractivity contribution in [3.8, 4) is 0 Å². The van der Waals surface area contributed by atoms with Crippen molar-refractivity contribution in [1.82, 2.24) is 4.98 Å². The van der Waals surface area contributed by atoms with Gasteiger partial charge in [0.25, 0.3) is 0 Å².